The molecule has 0 aliphatic carbocycles. The van der Waals surface area contributed by atoms with Gasteiger partial charge in [-0.3, -0.25) is 61.4 Å². The number of nitrogens with two attached hydrogens (primary N) is 1. The van der Waals surface area contributed by atoms with Gasteiger partial charge in [0.25, 0.3) is 0 Å². The Kier molecular flexibility index (Phi) is 94.7. The van der Waals surface area contributed by atoms with Gasteiger partial charge in [-0.05, 0) is 44.2 Å². The normalized spacial score (nSPS) is 13.2. The molecule has 0 bridgehead atoms. The van der Waals surface area contributed by atoms with E-state index in [1.807, 2.05) is 18.2 Å². The lowest BCUT2D eigenvalue weighted by Crippen LogP contribution is -2.29. The minimum atomic E-state index is -4.57. The largest absolute Gasteiger partial charge is 0.481 e. The van der Waals surface area contributed by atoms with Crippen LogP contribution in [0.25, 0.3) is 0 Å². The first-order valence-electron chi connectivity index (χ1n) is 51.2. The van der Waals surface area contributed by atoms with Crippen LogP contribution < -0.4 is 5.73 Å². The number of phosphoric acid groups is 2. The molecule has 24 nitrogen and oxygen atoms in total. The predicted octanol–water partition coefficient (Wildman–Crippen LogP) is 27.9. The Labute approximate surface area is 765 Å². The second-order valence-electron chi connectivity index (χ2n) is 34.7. The van der Waals surface area contributed by atoms with E-state index in [0.29, 0.717) is 19.3 Å². The lowest BCUT2D eigenvalue weighted by atomic mass is 10.0. The van der Waals surface area contributed by atoms with Crippen molar-refractivity contribution in [1.82, 2.24) is 4.98 Å². The molecule has 26 heteroatoms. The molecule has 4 unspecified atom stereocenters. The van der Waals surface area contributed by atoms with Crippen LogP contribution in [0, 0.1) is 0 Å². The van der Waals surface area contributed by atoms with Gasteiger partial charge in [-0.2, -0.15) is 0 Å². The second kappa shape index (κ2) is 96.5. The Bertz CT molecular complexity index is 2690. The summed E-state index contributed by atoms with van der Waals surface area (Å²) in [6.07, 6.45) is 82.4. The molecule has 0 radical (unpaired) electrons. The maximum absolute atomic E-state index is 12.7. The number of carbonyl (C=O) groups excluding carboxylic acids is 7. The minimum absolute atomic E-state index is 0.00221. The van der Waals surface area contributed by atoms with Gasteiger partial charge in [0.15, 0.2) is 12.2 Å². The number of unbranched alkanes of at least 4 members (excludes halogenated alkanes) is 60. The van der Waals surface area contributed by atoms with Gasteiger partial charge in [-0.15, -0.1) is 0 Å². The highest BCUT2D eigenvalue weighted by Gasteiger charge is 2.28. The number of ketones is 1. The first kappa shape index (κ1) is 124. The van der Waals surface area contributed by atoms with E-state index in [2.05, 4.69) is 37.4 Å². The average molecular weight is 1830 g/mol. The number of Topliss-reactive ketones (excluding diaryl/α,β-unsaturated/α-hetero) is 1. The summed E-state index contributed by atoms with van der Waals surface area (Å²) >= 11 is 0. The molecule has 0 saturated carbocycles. The van der Waals surface area contributed by atoms with Gasteiger partial charge >= 0.3 is 57.4 Å². The molecule has 1 aromatic heterocycles. The van der Waals surface area contributed by atoms with Crippen LogP contribution in [0.3, 0.4) is 0 Å². The predicted molar refractivity (Wildman–Crippen MR) is 507 cm³/mol. The highest BCUT2D eigenvalue weighted by Crippen LogP contribution is 2.44. The van der Waals surface area contributed by atoms with Crippen LogP contribution >= 0.6 is 15.6 Å². The summed E-state index contributed by atoms with van der Waals surface area (Å²) in [5.41, 5.74) is 5.35. The molecule has 1 aliphatic rings. The number of rotatable bonds is 91. The molecule has 0 spiro atoms. The van der Waals surface area contributed by atoms with Crippen molar-refractivity contribution in [2.75, 3.05) is 46.2 Å². The Morgan fingerprint density at radius 1 is 0.325 bits per heavy atom. The van der Waals surface area contributed by atoms with Crippen LogP contribution in [-0.4, -0.2) is 126 Å². The van der Waals surface area contributed by atoms with E-state index in [1.54, 1.807) is 12.4 Å². The average Bonchev–Trinajstić information content (AvgIpc) is 1.17. The van der Waals surface area contributed by atoms with E-state index in [0.717, 1.165) is 70.6 Å². The number of cyclic esters (lactones) is 2. The van der Waals surface area contributed by atoms with E-state index in [-0.39, 0.29) is 109 Å². The maximum Gasteiger partial charge on any atom is 0.472 e. The number of hydrogen-bond donors (Lipinski definition) is 4. The van der Waals surface area contributed by atoms with Crippen LogP contribution in [0.15, 0.2) is 30.6 Å². The topological polar surface area (TPSA) is 353 Å². The van der Waals surface area contributed by atoms with Crippen LogP contribution in [0.1, 0.15) is 503 Å². The molecule has 738 valence electrons. The summed E-state index contributed by atoms with van der Waals surface area (Å²) in [6, 6.07) is 5.72. The van der Waals surface area contributed by atoms with Crippen LogP contribution in [0.4, 0.5) is 0 Å². The first-order chi connectivity index (χ1) is 61.2. The van der Waals surface area contributed by atoms with Gasteiger partial charge in [0, 0.05) is 57.5 Å². The van der Waals surface area contributed by atoms with Crippen LogP contribution in [0.2, 0.25) is 0 Å². The van der Waals surface area contributed by atoms with Crippen molar-refractivity contribution in [2.24, 2.45) is 5.73 Å². The monoisotopic (exact) mass is 1830 g/mol. The fourth-order valence-corrected chi connectivity index (χ4v) is 16.2. The number of aromatic nitrogens is 1. The summed E-state index contributed by atoms with van der Waals surface area (Å²) < 4.78 is 70.4. The molecular formula is C100H186N2O22P2. The zero-order valence-corrected chi connectivity index (χ0v) is 82.1. The maximum atomic E-state index is 12.7. The van der Waals surface area contributed by atoms with Gasteiger partial charge in [0.2, 0.25) is 0 Å². The first-order valence-corrected chi connectivity index (χ1v) is 54.2. The number of pyridine rings is 1. The molecule has 126 heavy (non-hydrogen) atoms. The van der Waals surface area contributed by atoms with Gasteiger partial charge < -0.3 is 44.3 Å². The highest BCUT2D eigenvalue weighted by atomic mass is 31.2. The van der Waals surface area contributed by atoms with Crippen LogP contribution in [0.5, 0.6) is 0 Å². The SMILES string of the molecule is CCCCCCCCCCCCCCCCCCC(=O)OCC(COP(=O)(O)OCCCC(=O)CCC(=O)O)OC(=O)CCCCCCCCCCCCCCCCCC.CCCCCCCCCCCCCCCCCCC(=O)OCC(COP(=O)(O)OCCN)OC(=O)CCCCCCCCCCCCCCCCCC.O=C1CCC(=O)O1.c1ccncc1. The summed E-state index contributed by atoms with van der Waals surface area (Å²) in [5, 5.41) is 8.71. The lowest BCUT2D eigenvalue weighted by molar-refractivity contribution is -0.161. The lowest BCUT2D eigenvalue weighted by Gasteiger charge is -2.20. The number of nitrogens with zero attached hydrogens (tertiary/aromatic N) is 1. The van der Waals surface area contributed by atoms with Crippen molar-refractivity contribution in [3.05, 3.63) is 30.6 Å². The summed E-state index contributed by atoms with van der Waals surface area (Å²) in [4.78, 5) is 117. The Morgan fingerprint density at radius 3 is 0.786 bits per heavy atom. The third-order valence-corrected chi connectivity index (χ3v) is 24.4. The number of carboxylic acids is 1. The second-order valence-corrected chi connectivity index (χ2v) is 37.6. The van der Waals surface area contributed by atoms with E-state index in [1.165, 1.54) is 321 Å². The minimum Gasteiger partial charge on any atom is -0.481 e. The third-order valence-electron chi connectivity index (χ3n) is 22.4. The number of ether oxygens (including phenoxy) is 5. The van der Waals surface area contributed by atoms with Crippen LogP contribution in [-0.2, 0) is 89.3 Å². The van der Waals surface area contributed by atoms with E-state index in [9.17, 15) is 57.3 Å². The van der Waals surface area contributed by atoms with Crippen molar-refractivity contribution in [1.29, 1.82) is 0 Å². The summed E-state index contributed by atoms with van der Waals surface area (Å²) in [7, 11) is -8.94. The van der Waals surface area contributed by atoms with Crippen molar-refractivity contribution in [3.63, 3.8) is 0 Å². The Morgan fingerprint density at radius 2 is 0.571 bits per heavy atom. The van der Waals surface area contributed by atoms with Crippen molar-refractivity contribution in [2.45, 2.75) is 515 Å². The number of carbonyl (C=O) groups is 8. The van der Waals surface area contributed by atoms with E-state index < -0.39 is 76.9 Å². The smallest absolute Gasteiger partial charge is 0.472 e. The third kappa shape index (κ3) is 98.5. The van der Waals surface area contributed by atoms with Crippen molar-refractivity contribution < 1.29 is 104 Å². The molecule has 1 saturated heterocycles. The molecule has 1 aliphatic heterocycles. The highest BCUT2D eigenvalue weighted by molar-refractivity contribution is 7.47. The summed E-state index contributed by atoms with van der Waals surface area (Å²) in [6.45, 7) is 7.21. The van der Waals surface area contributed by atoms with Gasteiger partial charge in [0.1, 0.15) is 19.0 Å². The number of carboxylic acid groups (broad SMARTS) is 1. The zero-order chi connectivity index (χ0) is 92.7. The number of esters is 6. The fraction of sp³-hybridized carbons (Fsp3) is 0.870. The molecular weight excluding hydrogens is 1640 g/mol. The zero-order valence-electron chi connectivity index (χ0n) is 80.3. The molecule has 4 atom stereocenters. The molecule has 2 heterocycles. The quantitative estimate of drug-likeness (QED) is 0.0155. The van der Waals surface area contributed by atoms with Crippen molar-refractivity contribution in [3.8, 4) is 0 Å². The molecule has 0 aromatic carbocycles. The van der Waals surface area contributed by atoms with E-state index in [4.69, 9.17) is 47.9 Å². The summed E-state index contributed by atoms with van der Waals surface area (Å²) in [5.74, 6) is -3.87. The fourth-order valence-electron chi connectivity index (χ4n) is 14.7. The number of aliphatic carboxylic acids is 1. The molecule has 5 N–H and O–H groups in total. The number of hydrogen-bond acceptors (Lipinski definition) is 21. The van der Waals surface area contributed by atoms with Gasteiger partial charge in [-0.25, -0.2) is 9.13 Å². The molecule has 0 amide bonds. The van der Waals surface area contributed by atoms with E-state index >= 15 is 0 Å². The number of phosphoric ester groups is 2. The molecule has 2 rings (SSSR count). The van der Waals surface area contributed by atoms with Gasteiger partial charge in [-0.1, -0.05) is 419 Å². The molecule has 1 fully saturated rings. The molecule has 1 aromatic rings. The Hall–Kier alpha value is -4.51. The standard InChI is InChI=1S/C48H91O11P.C43H86NO8P.C5H5N.C4H4O3/c1-3-5-7-9-11-13-15-17-19-21-23-25-27-29-31-33-37-47(52)56-42-45(43-58-60(54,55)57-41-35-36-44(49)39-40-46(50)51)59-48(53)38-34-32-30-28-26-24-22-20-18-16-14-12-10-8-6-4-2;1-3-5-7-9-11-13-15-17-19-21-23-25-27-29-31-33-35-42(45)49-39-41(40-51-53(47,48)50-38-37-44)52-43(46)36-34-32-30-28-26-24-22-20-18-16-14-12-10-8-6-4-2;1-2-4-6-5-3-1;5-3-1-2-4(6)7-3/h45H,3-43H2,1-2H3,(H,50,51)(H,54,55);41H,3-40,44H2,1-2H3,(H,47,48);1-5H;1-2H2. The van der Waals surface area contributed by atoms with Gasteiger partial charge in [0.05, 0.1) is 45.7 Å². The Balaban J connectivity index is 0. The van der Waals surface area contributed by atoms with Crippen molar-refractivity contribution >= 4 is 63.2 Å².